The van der Waals surface area contributed by atoms with E-state index in [4.69, 9.17) is 27.9 Å². The summed E-state index contributed by atoms with van der Waals surface area (Å²) < 4.78 is 5.63. The van der Waals surface area contributed by atoms with Crippen LogP contribution >= 0.6 is 23.2 Å². The number of halogens is 2. The fourth-order valence-electron chi connectivity index (χ4n) is 2.97. The number of hydrogen-bond acceptors (Lipinski definition) is 3. The molecule has 0 saturated carbocycles. The molecule has 2 aromatic carbocycles. The molecular weight excluding hydrogens is 423 g/mol. The molecule has 0 aliphatic carbocycles. The maximum absolute atomic E-state index is 13.1. The van der Waals surface area contributed by atoms with E-state index in [0.717, 1.165) is 5.56 Å². The highest BCUT2D eigenvalue weighted by molar-refractivity contribution is 6.32. The Labute approximate surface area is 188 Å². The van der Waals surface area contributed by atoms with Crippen molar-refractivity contribution in [2.45, 2.75) is 52.2 Å². The molecule has 2 aromatic rings. The first kappa shape index (κ1) is 24.0. The van der Waals surface area contributed by atoms with Crippen LogP contribution in [0.4, 0.5) is 0 Å². The monoisotopic (exact) mass is 450 g/mol. The van der Waals surface area contributed by atoms with Crippen molar-refractivity contribution in [3.8, 4) is 5.75 Å². The molecule has 7 heteroatoms. The number of amides is 2. The zero-order valence-electron chi connectivity index (χ0n) is 17.7. The normalized spacial score (nSPS) is 12.2. The lowest BCUT2D eigenvalue weighted by molar-refractivity contribution is -0.143. The Morgan fingerprint density at radius 1 is 1.03 bits per heavy atom. The SMILES string of the molecule is CCC(C(=O)NC(C)(C)C)N(Cc1ccccc1Cl)C(=O)COc1ccccc1Cl. The fraction of sp³-hybridized carbons (Fsp3) is 0.391. The van der Waals surface area contributed by atoms with Crippen molar-refractivity contribution in [1.82, 2.24) is 10.2 Å². The number of rotatable bonds is 8. The summed E-state index contributed by atoms with van der Waals surface area (Å²) >= 11 is 12.4. The van der Waals surface area contributed by atoms with E-state index in [1.54, 1.807) is 30.3 Å². The maximum Gasteiger partial charge on any atom is 0.261 e. The van der Waals surface area contributed by atoms with Gasteiger partial charge >= 0.3 is 0 Å². The van der Waals surface area contributed by atoms with Crippen LogP contribution in [0.2, 0.25) is 10.0 Å². The largest absolute Gasteiger partial charge is 0.482 e. The number of para-hydroxylation sites is 1. The smallest absolute Gasteiger partial charge is 0.261 e. The highest BCUT2D eigenvalue weighted by Gasteiger charge is 2.31. The predicted molar refractivity (Wildman–Crippen MR) is 121 cm³/mol. The minimum atomic E-state index is -0.664. The van der Waals surface area contributed by atoms with Gasteiger partial charge in [-0.3, -0.25) is 9.59 Å². The molecule has 1 atom stereocenters. The molecule has 0 heterocycles. The molecule has 0 spiro atoms. The molecule has 5 nitrogen and oxygen atoms in total. The second-order valence-electron chi connectivity index (χ2n) is 8.00. The van der Waals surface area contributed by atoms with E-state index >= 15 is 0 Å². The van der Waals surface area contributed by atoms with Gasteiger partial charge in [0.25, 0.3) is 5.91 Å². The van der Waals surface area contributed by atoms with E-state index in [-0.39, 0.29) is 25.0 Å². The predicted octanol–water partition coefficient (Wildman–Crippen LogP) is 5.09. The van der Waals surface area contributed by atoms with Gasteiger partial charge in [0.2, 0.25) is 5.91 Å². The van der Waals surface area contributed by atoms with Crippen molar-refractivity contribution >= 4 is 35.0 Å². The van der Waals surface area contributed by atoms with E-state index in [9.17, 15) is 9.59 Å². The van der Waals surface area contributed by atoms with Crippen LogP contribution in [-0.4, -0.2) is 34.9 Å². The maximum atomic E-state index is 13.1. The van der Waals surface area contributed by atoms with Crippen LogP contribution in [0, 0.1) is 0 Å². The van der Waals surface area contributed by atoms with Crippen molar-refractivity contribution in [1.29, 1.82) is 0 Å². The number of ether oxygens (including phenoxy) is 1. The van der Waals surface area contributed by atoms with Gasteiger partial charge in [-0.15, -0.1) is 0 Å². The van der Waals surface area contributed by atoms with Gasteiger partial charge in [0, 0.05) is 17.1 Å². The minimum absolute atomic E-state index is 0.195. The lowest BCUT2D eigenvalue weighted by Crippen LogP contribution is -2.54. The second-order valence-corrected chi connectivity index (χ2v) is 8.81. The highest BCUT2D eigenvalue weighted by Crippen LogP contribution is 2.24. The Morgan fingerprint density at radius 2 is 1.63 bits per heavy atom. The Hall–Kier alpha value is -2.24. The molecule has 0 aliphatic rings. The summed E-state index contributed by atoms with van der Waals surface area (Å²) in [5.74, 6) is -0.133. The summed E-state index contributed by atoms with van der Waals surface area (Å²) in [5, 5.41) is 3.91. The van der Waals surface area contributed by atoms with Crippen LogP contribution in [0.5, 0.6) is 5.75 Å². The molecule has 162 valence electrons. The summed E-state index contributed by atoms with van der Waals surface area (Å²) in [5.41, 5.74) is 0.338. The van der Waals surface area contributed by atoms with Gasteiger partial charge in [0.05, 0.1) is 5.02 Å². The molecule has 0 saturated heterocycles. The first-order chi connectivity index (χ1) is 14.1. The third-order valence-corrected chi connectivity index (χ3v) is 5.05. The number of benzene rings is 2. The second kappa shape index (κ2) is 10.7. The molecule has 2 amide bonds. The van der Waals surface area contributed by atoms with Crippen molar-refractivity contribution in [2.24, 2.45) is 0 Å². The molecular formula is C23H28Cl2N2O3. The average molecular weight is 451 g/mol. The van der Waals surface area contributed by atoms with Gasteiger partial charge in [0.1, 0.15) is 11.8 Å². The van der Waals surface area contributed by atoms with E-state index in [1.165, 1.54) is 4.90 Å². The fourth-order valence-corrected chi connectivity index (χ4v) is 3.35. The van der Waals surface area contributed by atoms with Crippen molar-refractivity contribution < 1.29 is 14.3 Å². The van der Waals surface area contributed by atoms with E-state index in [2.05, 4.69) is 5.32 Å². The van der Waals surface area contributed by atoms with Crippen molar-refractivity contribution in [3.05, 3.63) is 64.1 Å². The van der Waals surface area contributed by atoms with E-state index in [0.29, 0.717) is 22.2 Å². The van der Waals surface area contributed by atoms with Crippen LogP contribution in [-0.2, 0) is 16.1 Å². The topological polar surface area (TPSA) is 58.6 Å². The molecule has 0 aliphatic heterocycles. The van der Waals surface area contributed by atoms with Gasteiger partial charge in [-0.2, -0.15) is 0 Å². The van der Waals surface area contributed by atoms with Gasteiger partial charge in [-0.1, -0.05) is 60.5 Å². The van der Waals surface area contributed by atoms with Gasteiger partial charge in [-0.25, -0.2) is 0 Å². The lowest BCUT2D eigenvalue weighted by atomic mass is 10.1. The minimum Gasteiger partial charge on any atom is -0.482 e. The molecule has 30 heavy (non-hydrogen) atoms. The first-order valence-corrected chi connectivity index (χ1v) is 10.6. The number of carbonyl (C=O) groups is 2. The van der Waals surface area contributed by atoms with Gasteiger partial charge in [0.15, 0.2) is 6.61 Å². The average Bonchev–Trinajstić information content (AvgIpc) is 2.67. The number of carbonyl (C=O) groups excluding carboxylic acids is 2. The van der Waals surface area contributed by atoms with E-state index in [1.807, 2.05) is 45.9 Å². The van der Waals surface area contributed by atoms with E-state index < -0.39 is 11.6 Å². The summed E-state index contributed by atoms with van der Waals surface area (Å²) in [6.07, 6.45) is 0.449. The molecule has 1 unspecified atom stereocenters. The number of hydrogen-bond donors (Lipinski definition) is 1. The number of nitrogens with one attached hydrogen (secondary N) is 1. The summed E-state index contributed by atoms with van der Waals surface area (Å²) in [6, 6.07) is 13.5. The Balaban J connectivity index is 2.27. The summed E-state index contributed by atoms with van der Waals surface area (Å²) in [6.45, 7) is 7.53. The Morgan fingerprint density at radius 3 is 2.20 bits per heavy atom. The Kier molecular flexibility index (Phi) is 8.56. The third-order valence-electron chi connectivity index (χ3n) is 4.37. The molecule has 0 fully saturated rings. The van der Waals surface area contributed by atoms with Crippen molar-refractivity contribution in [2.75, 3.05) is 6.61 Å². The first-order valence-electron chi connectivity index (χ1n) is 9.84. The van der Waals surface area contributed by atoms with Gasteiger partial charge < -0.3 is 15.0 Å². The summed E-state index contributed by atoms with van der Waals surface area (Å²) in [7, 11) is 0. The summed E-state index contributed by atoms with van der Waals surface area (Å²) in [4.78, 5) is 27.6. The molecule has 1 N–H and O–H groups in total. The molecule has 0 bridgehead atoms. The lowest BCUT2D eigenvalue weighted by Gasteiger charge is -2.33. The Bertz CT molecular complexity index is 881. The van der Waals surface area contributed by atoms with Crippen LogP contribution in [0.15, 0.2) is 48.5 Å². The van der Waals surface area contributed by atoms with Crippen LogP contribution in [0.3, 0.4) is 0 Å². The molecule has 0 radical (unpaired) electrons. The standard InChI is InChI=1S/C23H28Cl2N2O3/c1-5-19(22(29)26-23(2,3)4)27(14-16-10-6-7-11-17(16)24)21(28)15-30-20-13-9-8-12-18(20)25/h6-13,19H,5,14-15H2,1-4H3,(H,26,29). The van der Waals surface area contributed by atoms with Crippen molar-refractivity contribution in [3.63, 3.8) is 0 Å². The zero-order valence-corrected chi connectivity index (χ0v) is 19.3. The van der Waals surface area contributed by atoms with Crippen LogP contribution in [0.1, 0.15) is 39.7 Å². The van der Waals surface area contributed by atoms with Crippen LogP contribution < -0.4 is 10.1 Å². The molecule has 2 rings (SSSR count). The van der Waals surface area contributed by atoms with Crippen LogP contribution in [0.25, 0.3) is 0 Å². The molecule has 0 aromatic heterocycles. The quantitative estimate of drug-likeness (QED) is 0.608. The third kappa shape index (κ3) is 6.92. The highest BCUT2D eigenvalue weighted by atomic mass is 35.5. The number of nitrogens with zero attached hydrogens (tertiary/aromatic N) is 1. The zero-order chi connectivity index (χ0) is 22.3. The van der Waals surface area contributed by atoms with Gasteiger partial charge in [-0.05, 0) is 51.0 Å².